The molecule has 0 amide bonds. The molecule has 1 saturated heterocycles. The first-order chi connectivity index (χ1) is 7.33. The van der Waals surface area contributed by atoms with E-state index in [9.17, 15) is 0 Å². The molecule has 0 bridgehead atoms. The SMILES string of the molecule is CC1C=CC2(O1)C(C)(C)C(C)CC1OC12C. The Morgan fingerprint density at radius 1 is 1.12 bits per heavy atom. The van der Waals surface area contributed by atoms with Gasteiger partial charge >= 0.3 is 0 Å². The standard InChI is InChI=1S/C14H22O2/c1-9-8-11-13(5,16-11)14(12(9,3)4)7-6-10(2)15-14/h6-7,9-11H,8H2,1-5H3. The minimum Gasteiger partial charge on any atom is -0.363 e. The van der Waals surface area contributed by atoms with Crippen molar-refractivity contribution in [2.24, 2.45) is 11.3 Å². The van der Waals surface area contributed by atoms with Gasteiger partial charge in [-0.25, -0.2) is 0 Å². The minimum atomic E-state index is -0.220. The third-order valence-electron chi connectivity index (χ3n) is 5.41. The van der Waals surface area contributed by atoms with Gasteiger partial charge in [0.1, 0.15) is 11.2 Å². The van der Waals surface area contributed by atoms with Gasteiger partial charge in [0.15, 0.2) is 0 Å². The molecule has 1 aliphatic carbocycles. The summed E-state index contributed by atoms with van der Waals surface area (Å²) in [5.41, 5.74) is -0.179. The number of fused-ring (bicyclic) bond motifs is 2. The molecule has 0 N–H and O–H groups in total. The summed E-state index contributed by atoms with van der Waals surface area (Å²) in [5.74, 6) is 0.628. The lowest BCUT2D eigenvalue weighted by Crippen LogP contribution is -2.60. The van der Waals surface area contributed by atoms with Gasteiger partial charge in [0.2, 0.25) is 0 Å². The van der Waals surface area contributed by atoms with Crippen LogP contribution < -0.4 is 0 Å². The molecule has 2 fully saturated rings. The fourth-order valence-corrected chi connectivity index (χ4v) is 3.77. The largest absolute Gasteiger partial charge is 0.363 e. The average Bonchev–Trinajstić information content (AvgIpc) is 2.68. The van der Waals surface area contributed by atoms with Crippen LogP contribution in [0.4, 0.5) is 0 Å². The van der Waals surface area contributed by atoms with Gasteiger partial charge in [-0.3, -0.25) is 0 Å². The van der Waals surface area contributed by atoms with E-state index < -0.39 is 0 Å². The summed E-state index contributed by atoms with van der Waals surface area (Å²) in [5, 5.41) is 0. The normalized spacial score (nSPS) is 57.7. The zero-order valence-corrected chi connectivity index (χ0v) is 10.9. The molecule has 1 spiro atoms. The predicted octanol–water partition coefficient (Wildman–Crippen LogP) is 2.92. The maximum absolute atomic E-state index is 6.30. The third-order valence-corrected chi connectivity index (χ3v) is 5.41. The van der Waals surface area contributed by atoms with Crippen molar-refractivity contribution in [3.05, 3.63) is 12.2 Å². The van der Waals surface area contributed by atoms with Crippen molar-refractivity contribution in [3.63, 3.8) is 0 Å². The van der Waals surface area contributed by atoms with Crippen LogP contribution in [-0.2, 0) is 9.47 Å². The number of epoxide rings is 1. The highest BCUT2D eigenvalue weighted by Crippen LogP contribution is 2.65. The van der Waals surface area contributed by atoms with Crippen LogP contribution in [-0.4, -0.2) is 23.4 Å². The quantitative estimate of drug-likeness (QED) is 0.464. The molecular formula is C14H22O2. The second kappa shape index (κ2) is 2.73. The fourth-order valence-electron chi connectivity index (χ4n) is 3.77. The van der Waals surface area contributed by atoms with Crippen LogP contribution in [0.1, 0.15) is 41.0 Å². The molecule has 16 heavy (non-hydrogen) atoms. The van der Waals surface area contributed by atoms with E-state index in [2.05, 4.69) is 46.8 Å². The van der Waals surface area contributed by atoms with E-state index in [0.29, 0.717) is 12.0 Å². The highest BCUT2D eigenvalue weighted by atomic mass is 16.6. The van der Waals surface area contributed by atoms with E-state index in [1.807, 2.05) is 0 Å². The van der Waals surface area contributed by atoms with Crippen LogP contribution >= 0.6 is 0 Å². The van der Waals surface area contributed by atoms with Gasteiger partial charge in [-0.05, 0) is 26.2 Å². The Morgan fingerprint density at radius 2 is 1.81 bits per heavy atom. The van der Waals surface area contributed by atoms with E-state index in [1.54, 1.807) is 0 Å². The lowest BCUT2D eigenvalue weighted by atomic mass is 9.56. The molecule has 5 unspecified atom stereocenters. The van der Waals surface area contributed by atoms with Gasteiger partial charge < -0.3 is 9.47 Å². The Bertz CT molecular complexity index is 360. The molecule has 0 aromatic heterocycles. The molecule has 5 atom stereocenters. The van der Waals surface area contributed by atoms with Crippen molar-refractivity contribution < 1.29 is 9.47 Å². The fraction of sp³-hybridized carbons (Fsp3) is 0.857. The molecule has 0 aromatic carbocycles. The van der Waals surface area contributed by atoms with Crippen molar-refractivity contribution >= 4 is 0 Å². The minimum absolute atomic E-state index is 0.0930. The van der Waals surface area contributed by atoms with E-state index in [-0.39, 0.29) is 22.7 Å². The number of hydrogen-bond donors (Lipinski definition) is 0. The van der Waals surface area contributed by atoms with E-state index >= 15 is 0 Å². The summed E-state index contributed by atoms with van der Waals surface area (Å²) in [6, 6.07) is 0. The molecule has 0 radical (unpaired) electrons. The molecule has 2 heterocycles. The second-order valence-electron chi connectivity index (χ2n) is 6.49. The Kier molecular flexibility index (Phi) is 1.84. The molecule has 90 valence electrons. The van der Waals surface area contributed by atoms with Crippen molar-refractivity contribution in [1.82, 2.24) is 0 Å². The van der Waals surface area contributed by atoms with Gasteiger partial charge in [0.25, 0.3) is 0 Å². The van der Waals surface area contributed by atoms with Gasteiger partial charge in [-0.15, -0.1) is 0 Å². The maximum Gasteiger partial charge on any atom is 0.125 e. The summed E-state index contributed by atoms with van der Waals surface area (Å²) in [6.45, 7) is 11.3. The molecule has 3 aliphatic rings. The van der Waals surface area contributed by atoms with Crippen molar-refractivity contribution in [2.75, 3.05) is 0 Å². The summed E-state index contributed by atoms with van der Waals surface area (Å²) in [4.78, 5) is 0. The highest BCUT2D eigenvalue weighted by molar-refractivity contribution is 5.33. The first-order valence-corrected chi connectivity index (χ1v) is 6.38. The van der Waals surface area contributed by atoms with Gasteiger partial charge in [-0.1, -0.05) is 32.9 Å². The lowest BCUT2D eigenvalue weighted by molar-refractivity contribution is -0.156. The smallest absolute Gasteiger partial charge is 0.125 e. The second-order valence-corrected chi connectivity index (χ2v) is 6.49. The third kappa shape index (κ3) is 0.964. The number of ether oxygens (including phenoxy) is 2. The van der Waals surface area contributed by atoms with Crippen LogP contribution in [0.5, 0.6) is 0 Å². The van der Waals surface area contributed by atoms with Crippen LogP contribution in [0, 0.1) is 11.3 Å². The van der Waals surface area contributed by atoms with Crippen LogP contribution in [0.25, 0.3) is 0 Å². The summed E-state index contributed by atoms with van der Waals surface area (Å²) >= 11 is 0. The Hall–Kier alpha value is -0.340. The molecule has 2 aliphatic heterocycles. The maximum atomic E-state index is 6.30. The number of rotatable bonds is 0. The van der Waals surface area contributed by atoms with E-state index in [1.165, 1.54) is 0 Å². The zero-order valence-electron chi connectivity index (χ0n) is 10.9. The molecule has 3 rings (SSSR count). The van der Waals surface area contributed by atoms with Crippen molar-refractivity contribution in [3.8, 4) is 0 Å². The summed E-state index contributed by atoms with van der Waals surface area (Å²) in [7, 11) is 0. The van der Waals surface area contributed by atoms with Crippen molar-refractivity contribution in [1.29, 1.82) is 0 Å². The van der Waals surface area contributed by atoms with Crippen LogP contribution in [0.3, 0.4) is 0 Å². The monoisotopic (exact) mass is 222 g/mol. The Labute approximate surface area is 98.0 Å². The number of hydrogen-bond acceptors (Lipinski definition) is 2. The van der Waals surface area contributed by atoms with Gasteiger partial charge in [0.05, 0.1) is 12.2 Å². The zero-order chi connectivity index (χ0) is 11.8. The lowest BCUT2D eigenvalue weighted by Gasteiger charge is -2.52. The van der Waals surface area contributed by atoms with Crippen LogP contribution in [0.15, 0.2) is 12.2 Å². The summed E-state index contributed by atoms with van der Waals surface area (Å²) < 4.78 is 12.3. The van der Waals surface area contributed by atoms with Crippen molar-refractivity contribution in [2.45, 2.75) is 64.4 Å². The summed E-state index contributed by atoms with van der Waals surface area (Å²) in [6.07, 6.45) is 6.23. The average molecular weight is 222 g/mol. The Morgan fingerprint density at radius 3 is 2.38 bits per heavy atom. The topological polar surface area (TPSA) is 21.8 Å². The van der Waals surface area contributed by atoms with Gasteiger partial charge in [-0.2, -0.15) is 0 Å². The molecule has 2 heteroatoms. The molecule has 2 nitrogen and oxygen atoms in total. The highest BCUT2D eigenvalue weighted by Gasteiger charge is 2.75. The van der Waals surface area contributed by atoms with E-state index in [4.69, 9.17) is 9.47 Å². The predicted molar refractivity (Wildman–Crippen MR) is 63.3 cm³/mol. The molecular weight excluding hydrogens is 200 g/mol. The van der Waals surface area contributed by atoms with Crippen LogP contribution in [0.2, 0.25) is 0 Å². The van der Waals surface area contributed by atoms with Gasteiger partial charge in [0, 0.05) is 5.41 Å². The first-order valence-electron chi connectivity index (χ1n) is 6.38. The molecule has 1 saturated carbocycles. The first kappa shape index (κ1) is 10.8. The Balaban J connectivity index is 2.09. The van der Waals surface area contributed by atoms with E-state index in [0.717, 1.165) is 6.42 Å². The molecule has 0 aromatic rings.